The third-order valence-electron chi connectivity index (χ3n) is 4.01. The summed E-state index contributed by atoms with van der Waals surface area (Å²) in [6.45, 7) is 6.02. The second-order valence-corrected chi connectivity index (χ2v) is 5.63. The number of aryl methyl sites for hydroxylation is 1. The Hall–Kier alpha value is -1.32. The molecule has 0 aliphatic carbocycles. The second-order valence-electron chi connectivity index (χ2n) is 5.63. The normalized spacial score (nSPS) is 21.2. The predicted octanol–water partition coefficient (Wildman–Crippen LogP) is 3.96. The number of hydrogen-bond acceptors (Lipinski definition) is 3. The molecule has 0 saturated carbocycles. The van der Waals surface area contributed by atoms with Crippen LogP contribution in [0.15, 0.2) is 28.7 Å². The molecule has 3 rings (SSSR count). The van der Waals surface area contributed by atoms with Crippen molar-refractivity contribution in [2.45, 2.75) is 45.3 Å². The van der Waals surface area contributed by atoms with E-state index in [9.17, 15) is 0 Å². The van der Waals surface area contributed by atoms with Crippen molar-refractivity contribution in [2.24, 2.45) is 0 Å². The molecular weight excluding hydrogens is 250 g/mol. The summed E-state index contributed by atoms with van der Waals surface area (Å²) in [7, 11) is 0. The Morgan fingerprint density at radius 2 is 2.20 bits per heavy atom. The van der Waals surface area contributed by atoms with Gasteiger partial charge in [0.25, 0.3) is 0 Å². The Morgan fingerprint density at radius 3 is 2.95 bits per heavy atom. The molecule has 1 saturated heterocycles. The predicted molar refractivity (Wildman–Crippen MR) is 81.0 cm³/mol. The van der Waals surface area contributed by atoms with E-state index in [-0.39, 0.29) is 12.1 Å². The van der Waals surface area contributed by atoms with Gasteiger partial charge in [0.2, 0.25) is 0 Å². The van der Waals surface area contributed by atoms with Gasteiger partial charge < -0.3 is 14.5 Å². The van der Waals surface area contributed by atoms with Crippen LogP contribution in [0.2, 0.25) is 0 Å². The molecule has 3 heteroatoms. The first-order valence-corrected chi connectivity index (χ1v) is 7.63. The van der Waals surface area contributed by atoms with Gasteiger partial charge in [0.05, 0.1) is 12.1 Å². The van der Waals surface area contributed by atoms with Gasteiger partial charge in [-0.25, -0.2) is 0 Å². The van der Waals surface area contributed by atoms with Gasteiger partial charge in [-0.15, -0.1) is 0 Å². The summed E-state index contributed by atoms with van der Waals surface area (Å²) in [5.41, 5.74) is 2.23. The van der Waals surface area contributed by atoms with Gasteiger partial charge in [0.1, 0.15) is 11.3 Å². The fourth-order valence-electron chi connectivity index (χ4n) is 3.00. The van der Waals surface area contributed by atoms with Crippen molar-refractivity contribution < 1.29 is 9.15 Å². The lowest BCUT2D eigenvalue weighted by Crippen LogP contribution is -2.35. The lowest BCUT2D eigenvalue weighted by Gasteiger charge is -2.29. The van der Waals surface area contributed by atoms with Crippen molar-refractivity contribution in [1.29, 1.82) is 0 Å². The van der Waals surface area contributed by atoms with Crippen LogP contribution < -0.4 is 5.32 Å². The summed E-state index contributed by atoms with van der Waals surface area (Å²) in [4.78, 5) is 0. The largest absolute Gasteiger partial charge is 0.459 e. The summed E-state index contributed by atoms with van der Waals surface area (Å²) in [5, 5.41) is 4.70. The summed E-state index contributed by atoms with van der Waals surface area (Å²) >= 11 is 0. The summed E-state index contributed by atoms with van der Waals surface area (Å²) in [6, 6.07) is 8.64. The maximum atomic E-state index is 6.05. The van der Waals surface area contributed by atoms with E-state index in [1.54, 1.807) is 0 Å². The molecule has 2 atom stereocenters. The van der Waals surface area contributed by atoms with Crippen molar-refractivity contribution >= 4 is 11.0 Å². The van der Waals surface area contributed by atoms with E-state index in [4.69, 9.17) is 9.15 Å². The van der Waals surface area contributed by atoms with E-state index in [0.29, 0.717) is 0 Å². The SMILES string of the molecule is CCNC(c1cc2cc(C)ccc2o1)C1CCCCO1. The van der Waals surface area contributed by atoms with Crippen molar-refractivity contribution in [3.63, 3.8) is 0 Å². The highest BCUT2D eigenvalue weighted by Gasteiger charge is 2.28. The van der Waals surface area contributed by atoms with Gasteiger partial charge in [-0.1, -0.05) is 18.6 Å². The maximum Gasteiger partial charge on any atom is 0.134 e. The van der Waals surface area contributed by atoms with Gasteiger partial charge in [-0.2, -0.15) is 0 Å². The van der Waals surface area contributed by atoms with E-state index in [0.717, 1.165) is 30.9 Å². The lowest BCUT2D eigenvalue weighted by molar-refractivity contribution is -0.0119. The fraction of sp³-hybridized carbons (Fsp3) is 0.529. The molecule has 2 aromatic rings. The Bertz CT molecular complexity index is 569. The van der Waals surface area contributed by atoms with Crippen LogP contribution in [-0.2, 0) is 4.74 Å². The van der Waals surface area contributed by atoms with Gasteiger partial charge in [0, 0.05) is 12.0 Å². The van der Waals surface area contributed by atoms with Crippen LogP contribution in [0.5, 0.6) is 0 Å². The summed E-state index contributed by atoms with van der Waals surface area (Å²) in [6.07, 6.45) is 3.75. The quantitative estimate of drug-likeness (QED) is 0.915. The smallest absolute Gasteiger partial charge is 0.134 e. The minimum absolute atomic E-state index is 0.160. The zero-order valence-electron chi connectivity index (χ0n) is 12.3. The van der Waals surface area contributed by atoms with Crippen molar-refractivity contribution in [3.05, 3.63) is 35.6 Å². The van der Waals surface area contributed by atoms with Crippen LogP contribution in [0.3, 0.4) is 0 Å². The molecule has 20 heavy (non-hydrogen) atoms. The molecule has 2 unspecified atom stereocenters. The van der Waals surface area contributed by atoms with Crippen LogP contribution in [0.25, 0.3) is 11.0 Å². The maximum absolute atomic E-state index is 6.05. The van der Waals surface area contributed by atoms with E-state index >= 15 is 0 Å². The second kappa shape index (κ2) is 5.98. The van der Waals surface area contributed by atoms with E-state index in [1.165, 1.54) is 23.8 Å². The molecule has 1 aliphatic heterocycles. The Morgan fingerprint density at radius 1 is 1.30 bits per heavy atom. The molecule has 0 amide bonds. The third-order valence-corrected chi connectivity index (χ3v) is 4.01. The topological polar surface area (TPSA) is 34.4 Å². The molecule has 1 aliphatic rings. The van der Waals surface area contributed by atoms with Gasteiger partial charge in [-0.05, 0) is 50.9 Å². The molecule has 3 nitrogen and oxygen atoms in total. The first-order chi connectivity index (χ1) is 9.78. The van der Waals surface area contributed by atoms with E-state index in [2.05, 4.69) is 43.4 Å². The van der Waals surface area contributed by atoms with E-state index in [1.807, 2.05) is 0 Å². The lowest BCUT2D eigenvalue weighted by atomic mass is 10.00. The minimum Gasteiger partial charge on any atom is -0.459 e. The van der Waals surface area contributed by atoms with Crippen molar-refractivity contribution in [2.75, 3.05) is 13.2 Å². The first kappa shape index (κ1) is 13.7. The molecule has 108 valence electrons. The van der Waals surface area contributed by atoms with Gasteiger partial charge in [-0.3, -0.25) is 0 Å². The molecule has 2 heterocycles. The van der Waals surface area contributed by atoms with Crippen LogP contribution >= 0.6 is 0 Å². The molecule has 1 aromatic heterocycles. The first-order valence-electron chi connectivity index (χ1n) is 7.63. The van der Waals surface area contributed by atoms with Crippen LogP contribution in [0.4, 0.5) is 0 Å². The van der Waals surface area contributed by atoms with Crippen LogP contribution in [0, 0.1) is 6.92 Å². The minimum atomic E-state index is 0.160. The van der Waals surface area contributed by atoms with Crippen LogP contribution in [0.1, 0.15) is 43.6 Å². The Kier molecular flexibility index (Phi) is 4.08. The number of nitrogens with one attached hydrogen (secondary N) is 1. The summed E-state index contributed by atoms with van der Waals surface area (Å²) in [5.74, 6) is 0.999. The van der Waals surface area contributed by atoms with Crippen molar-refractivity contribution in [3.8, 4) is 0 Å². The molecule has 1 N–H and O–H groups in total. The third kappa shape index (κ3) is 2.74. The van der Waals surface area contributed by atoms with Gasteiger partial charge in [0.15, 0.2) is 0 Å². The number of benzene rings is 1. The number of likely N-dealkylation sites (N-methyl/N-ethyl adjacent to an activating group) is 1. The highest BCUT2D eigenvalue weighted by molar-refractivity contribution is 5.78. The number of ether oxygens (including phenoxy) is 1. The fourth-order valence-corrected chi connectivity index (χ4v) is 3.00. The number of rotatable bonds is 4. The monoisotopic (exact) mass is 273 g/mol. The van der Waals surface area contributed by atoms with E-state index < -0.39 is 0 Å². The Balaban J connectivity index is 1.91. The average Bonchev–Trinajstić information content (AvgIpc) is 2.88. The highest BCUT2D eigenvalue weighted by atomic mass is 16.5. The molecule has 0 bridgehead atoms. The van der Waals surface area contributed by atoms with Crippen LogP contribution in [-0.4, -0.2) is 19.3 Å². The number of hydrogen-bond donors (Lipinski definition) is 1. The molecular formula is C17H23NO2. The molecule has 1 aromatic carbocycles. The molecule has 0 radical (unpaired) electrons. The van der Waals surface area contributed by atoms with Gasteiger partial charge >= 0.3 is 0 Å². The zero-order valence-corrected chi connectivity index (χ0v) is 12.3. The number of fused-ring (bicyclic) bond motifs is 1. The van der Waals surface area contributed by atoms with Crippen molar-refractivity contribution in [1.82, 2.24) is 5.32 Å². The summed E-state index contributed by atoms with van der Waals surface area (Å²) < 4.78 is 12.0. The zero-order chi connectivity index (χ0) is 13.9. The average molecular weight is 273 g/mol. The highest BCUT2D eigenvalue weighted by Crippen LogP contribution is 2.31. The number of furan rings is 1. The molecule has 1 fully saturated rings. The standard InChI is InChI=1S/C17H23NO2/c1-3-18-17(15-6-4-5-9-19-15)16-11-13-10-12(2)7-8-14(13)20-16/h7-8,10-11,15,17-18H,3-6,9H2,1-2H3. The Labute approximate surface area is 120 Å². The molecule has 0 spiro atoms.